The van der Waals surface area contributed by atoms with Crippen LogP contribution in [0.4, 0.5) is 0 Å². The van der Waals surface area contributed by atoms with Crippen LogP contribution in [0.2, 0.25) is 0 Å². The first-order chi connectivity index (χ1) is 8.35. The molecular weight excluding hydrogens is 212 g/mol. The predicted molar refractivity (Wildman–Crippen MR) is 74.3 cm³/mol. The number of ether oxygens (including phenoxy) is 1. The van der Waals surface area contributed by atoms with Crippen LogP contribution in [0.3, 0.4) is 0 Å². The van der Waals surface area contributed by atoms with Crippen LogP contribution in [-0.2, 0) is 4.74 Å². The molecule has 0 bridgehead atoms. The van der Waals surface area contributed by atoms with Crippen molar-refractivity contribution in [3.8, 4) is 0 Å². The van der Waals surface area contributed by atoms with E-state index in [0.717, 1.165) is 12.8 Å². The molecule has 0 aromatic carbocycles. The summed E-state index contributed by atoms with van der Waals surface area (Å²) >= 11 is 0. The Balaban J connectivity index is 3.19. The largest absolute Gasteiger partial charge is 0.394 e. The minimum absolute atomic E-state index is 0.147. The Morgan fingerprint density at radius 1 is 0.882 bits per heavy atom. The number of aliphatic hydroxyl groups is 1. The van der Waals surface area contributed by atoms with Crippen LogP contribution >= 0.6 is 0 Å². The summed E-state index contributed by atoms with van der Waals surface area (Å²) in [6, 6.07) is 0. The predicted octanol–water partition coefficient (Wildman–Crippen LogP) is 4.30. The van der Waals surface area contributed by atoms with Crippen LogP contribution in [0.25, 0.3) is 0 Å². The maximum Gasteiger partial charge on any atom is 0.0701 e. The summed E-state index contributed by atoms with van der Waals surface area (Å²) in [6.07, 6.45) is 13.5. The molecule has 0 aliphatic heterocycles. The van der Waals surface area contributed by atoms with E-state index in [0.29, 0.717) is 12.7 Å². The molecule has 0 aromatic heterocycles. The highest BCUT2D eigenvalue weighted by Crippen LogP contribution is 2.13. The average molecular weight is 244 g/mol. The summed E-state index contributed by atoms with van der Waals surface area (Å²) in [4.78, 5) is 0. The van der Waals surface area contributed by atoms with Gasteiger partial charge in [0.15, 0.2) is 0 Å². The molecule has 0 saturated heterocycles. The van der Waals surface area contributed by atoms with E-state index in [1.807, 2.05) is 0 Å². The third-order valence-corrected chi connectivity index (χ3v) is 3.28. The summed E-state index contributed by atoms with van der Waals surface area (Å²) < 4.78 is 5.55. The second-order valence-electron chi connectivity index (χ2n) is 4.89. The van der Waals surface area contributed by atoms with Crippen molar-refractivity contribution in [1.82, 2.24) is 0 Å². The quantitative estimate of drug-likeness (QED) is 0.489. The average Bonchev–Trinajstić information content (AvgIpc) is 2.36. The Labute approximate surface area is 108 Å². The van der Waals surface area contributed by atoms with Crippen molar-refractivity contribution < 1.29 is 9.84 Å². The van der Waals surface area contributed by atoms with Gasteiger partial charge in [-0.1, -0.05) is 65.2 Å². The van der Waals surface area contributed by atoms with E-state index in [4.69, 9.17) is 9.84 Å². The highest BCUT2D eigenvalue weighted by molar-refractivity contribution is 4.56. The number of aliphatic hydroxyl groups excluding tert-OH is 1. The van der Waals surface area contributed by atoms with Gasteiger partial charge in [-0.25, -0.2) is 0 Å². The molecule has 104 valence electrons. The zero-order valence-corrected chi connectivity index (χ0v) is 11.9. The lowest BCUT2D eigenvalue weighted by Crippen LogP contribution is -2.14. The van der Waals surface area contributed by atoms with Gasteiger partial charge in [-0.05, 0) is 12.8 Å². The van der Waals surface area contributed by atoms with Gasteiger partial charge >= 0.3 is 0 Å². The van der Waals surface area contributed by atoms with Crippen molar-refractivity contribution >= 4 is 0 Å². The van der Waals surface area contributed by atoms with Gasteiger partial charge < -0.3 is 9.84 Å². The van der Waals surface area contributed by atoms with Crippen LogP contribution in [-0.4, -0.2) is 24.4 Å². The molecule has 0 aromatic rings. The van der Waals surface area contributed by atoms with E-state index in [-0.39, 0.29) is 6.61 Å². The van der Waals surface area contributed by atoms with Crippen LogP contribution in [0, 0.1) is 0 Å². The van der Waals surface area contributed by atoms with Crippen molar-refractivity contribution in [3.05, 3.63) is 0 Å². The Bertz CT molecular complexity index is 137. The molecular formula is C15H32O2. The summed E-state index contributed by atoms with van der Waals surface area (Å²) in [6.45, 7) is 5.06. The molecule has 0 fully saturated rings. The van der Waals surface area contributed by atoms with E-state index in [2.05, 4.69) is 13.8 Å². The van der Waals surface area contributed by atoms with Gasteiger partial charge in [-0.15, -0.1) is 0 Å². The first-order valence-corrected chi connectivity index (χ1v) is 7.57. The molecule has 0 aliphatic carbocycles. The highest BCUT2D eigenvalue weighted by Gasteiger charge is 2.05. The monoisotopic (exact) mass is 244 g/mol. The van der Waals surface area contributed by atoms with Crippen molar-refractivity contribution in [2.75, 3.05) is 13.2 Å². The molecule has 0 amide bonds. The number of hydrogen-bond donors (Lipinski definition) is 1. The molecule has 2 heteroatoms. The van der Waals surface area contributed by atoms with E-state index >= 15 is 0 Å². The lowest BCUT2D eigenvalue weighted by Gasteiger charge is -2.15. The van der Waals surface area contributed by atoms with E-state index in [1.54, 1.807) is 0 Å². The zero-order chi connectivity index (χ0) is 12.8. The minimum atomic E-state index is 0.147. The number of hydrogen-bond acceptors (Lipinski definition) is 2. The first-order valence-electron chi connectivity index (χ1n) is 7.57. The topological polar surface area (TPSA) is 29.5 Å². The van der Waals surface area contributed by atoms with Crippen LogP contribution in [0.1, 0.15) is 78.1 Å². The fourth-order valence-electron chi connectivity index (χ4n) is 2.13. The molecule has 0 spiro atoms. The van der Waals surface area contributed by atoms with Crippen molar-refractivity contribution in [2.45, 2.75) is 84.2 Å². The SMILES string of the molecule is CCCCCCCCCCC(CC)OCCO. The van der Waals surface area contributed by atoms with Gasteiger partial charge in [0, 0.05) is 0 Å². The van der Waals surface area contributed by atoms with Crippen molar-refractivity contribution in [3.63, 3.8) is 0 Å². The normalized spacial score (nSPS) is 12.9. The molecule has 1 atom stereocenters. The second-order valence-corrected chi connectivity index (χ2v) is 4.89. The molecule has 1 unspecified atom stereocenters. The van der Waals surface area contributed by atoms with Crippen LogP contribution in [0.15, 0.2) is 0 Å². The maximum atomic E-state index is 8.70. The van der Waals surface area contributed by atoms with Gasteiger partial charge in [0.05, 0.1) is 19.3 Å². The Morgan fingerprint density at radius 2 is 1.47 bits per heavy atom. The molecule has 0 aliphatic rings. The van der Waals surface area contributed by atoms with Crippen LogP contribution in [0.5, 0.6) is 0 Å². The summed E-state index contributed by atoms with van der Waals surface area (Å²) in [7, 11) is 0. The molecule has 2 nitrogen and oxygen atoms in total. The molecule has 1 N–H and O–H groups in total. The Hall–Kier alpha value is -0.0800. The molecule has 0 heterocycles. The maximum absolute atomic E-state index is 8.70. The summed E-state index contributed by atoms with van der Waals surface area (Å²) in [5.74, 6) is 0. The lowest BCUT2D eigenvalue weighted by atomic mass is 10.0. The van der Waals surface area contributed by atoms with E-state index in [9.17, 15) is 0 Å². The molecule has 0 radical (unpaired) electrons. The van der Waals surface area contributed by atoms with Gasteiger partial charge in [0.2, 0.25) is 0 Å². The molecule has 0 saturated carbocycles. The Morgan fingerprint density at radius 3 is 2.00 bits per heavy atom. The zero-order valence-electron chi connectivity index (χ0n) is 11.9. The smallest absolute Gasteiger partial charge is 0.0701 e. The third-order valence-electron chi connectivity index (χ3n) is 3.28. The number of rotatable bonds is 13. The highest BCUT2D eigenvalue weighted by atomic mass is 16.5. The third kappa shape index (κ3) is 12.2. The summed E-state index contributed by atoms with van der Waals surface area (Å²) in [5, 5.41) is 8.70. The second kappa shape index (κ2) is 14.0. The Kier molecular flexibility index (Phi) is 13.9. The first kappa shape index (κ1) is 16.9. The van der Waals surface area contributed by atoms with E-state index in [1.165, 1.54) is 51.4 Å². The van der Waals surface area contributed by atoms with Gasteiger partial charge in [0.1, 0.15) is 0 Å². The van der Waals surface area contributed by atoms with Gasteiger partial charge in [-0.3, -0.25) is 0 Å². The fraction of sp³-hybridized carbons (Fsp3) is 1.00. The minimum Gasteiger partial charge on any atom is -0.394 e. The van der Waals surface area contributed by atoms with Gasteiger partial charge in [-0.2, -0.15) is 0 Å². The van der Waals surface area contributed by atoms with Crippen molar-refractivity contribution in [2.24, 2.45) is 0 Å². The van der Waals surface area contributed by atoms with Crippen LogP contribution < -0.4 is 0 Å². The number of unbranched alkanes of at least 4 members (excludes halogenated alkanes) is 7. The lowest BCUT2D eigenvalue weighted by molar-refractivity contribution is 0.0208. The molecule has 17 heavy (non-hydrogen) atoms. The van der Waals surface area contributed by atoms with Gasteiger partial charge in [0.25, 0.3) is 0 Å². The molecule has 0 rings (SSSR count). The fourth-order valence-corrected chi connectivity index (χ4v) is 2.13. The standard InChI is InChI=1S/C15H32O2/c1-3-5-6-7-8-9-10-11-12-15(4-2)17-14-13-16/h15-16H,3-14H2,1-2H3. The van der Waals surface area contributed by atoms with E-state index < -0.39 is 0 Å². The van der Waals surface area contributed by atoms with Crippen molar-refractivity contribution in [1.29, 1.82) is 0 Å². The summed E-state index contributed by atoms with van der Waals surface area (Å²) in [5.41, 5.74) is 0.